The Hall–Kier alpha value is -1.68. The van der Waals surface area contributed by atoms with Gasteiger partial charge in [-0.05, 0) is 26.3 Å². The topological polar surface area (TPSA) is 59.2 Å². The van der Waals surface area contributed by atoms with Gasteiger partial charge in [0, 0.05) is 0 Å². The highest BCUT2D eigenvalue weighted by atomic mass is 16.5. The molecule has 0 amide bonds. The van der Waals surface area contributed by atoms with Gasteiger partial charge in [0.15, 0.2) is 5.82 Å². The summed E-state index contributed by atoms with van der Waals surface area (Å²) in [6.07, 6.45) is -0.0872. The van der Waals surface area contributed by atoms with Crippen LogP contribution in [-0.2, 0) is 11.8 Å². The third-order valence-corrected chi connectivity index (χ3v) is 2.99. The smallest absolute Gasteiger partial charge is 0.229 e. The quantitative estimate of drug-likeness (QED) is 0.899. The highest BCUT2D eigenvalue weighted by Gasteiger charge is 2.28. The van der Waals surface area contributed by atoms with Crippen LogP contribution in [0.2, 0.25) is 0 Å². The van der Waals surface area contributed by atoms with Crippen LogP contribution in [0.15, 0.2) is 34.9 Å². The predicted octanol–water partition coefficient (Wildman–Crippen LogP) is 2.32. The fourth-order valence-electron chi connectivity index (χ4n) is 1.83. The summed E-state index contributed by atoms with van der Waals surface area (Å²) in [5.74, 6) is 1.12. The van der Waals surface area contributed by atoms with Crippen molar-refractivity contribution in [2.75, 3.05) is 0 Å². The van der Waals surface area contributed by atoms with Crippen LogP contribution < -0.4 is 0 Å². The molecule has 4 nitrogen and oxygen atoms in total. The van der Waals surface area contributed by atoms with Crippen molar-refractivity contribution in [2.24, 2.45) is 0 Å². The first-order valence-corrected chi connectivity index (χ1v) is 6.07. The van der Waals surface area contributed by atoms with Crippen molar-refractivity contribution in [1.29, 1.82) is 0 Å². The minimum atomic E-state index is -0.474. The molecule has 2 aromatic rings. The Morgan fingerprint density at radius 2 is 1.94 bits per heavy atom. The minimum Gasteiger partial charge on any atom is -0.393 e. The van der Waals surface area contributed by atoms with Crippen LogP contribution in [0, 0.1) is 0 Å². The van der Waals surface area contributed by atoms with Crippen LogP contribution in [0.1, 0.15) is 38.0 Å². The Morgan fingerprint density at radius 3 is 2.56 bits per heavy atom. The van der Waals surface area contributed by atoms with E-state index in [1.807, 2.05) is 30.3 Å². The third kappa shape index (κ3) is 2.59. The van der Waals surface area contributed by atoms with E-state index in [9.17, 15) is 5.11 Å². The van der Waals surface area contributed by atoms with Crippen LogP contribution in [0.3, 0.4) is 0 Å². The van der Waals surface area contributed by atoms with Gasteiger partial charge in [0.2, 0.25) is 5.89 Å². The molecule has 0 aliphatic heterocycles. The Morgan fingerprint density at radius 1 is 1.28 bits per heavy atom. The van der Waals surface area contributed by atoms with E-state index in [4.69, 9.17) is 4.52 Å². The first-order chi connectivity index (χ1) is 8.50. The SMILES string of the molecule is CC(O)Cc1nc(C(C)(C)c2ccccc2)no1. The minimum absolute atomic E-state index is 0.304. The number of hydrogen-bond acceptors (Lipinski definition) is 4. The molecule has 96 valence electrons. The van der Waals surface area contributed by atoms with E-state index in [2.05, 4.69) is 24.0 Å². The summed E-state index contributed by atoms with van der Waals surface area (Å²) < 4.78 is 5.16. The summed E-state index contributed by atoms with van der Waals surface area (Å²) in [5.41, 5.74) is 0.830. The standard InChI is InChI=1S/C14H18N2O2/c1-10(17)9-12-15-13(16-18-12)14(2,3)11-7-5-4-6-8-11/h4-8,10,17H,9H2,1-3H3. The van der Waals surface area contributed by atoms with Gasteiger partial charge in [-0.15, -0.1) is 0 Å². The largest absolute Gasteiger partial charge is 0.393 e. The number of aliphatic hydroxyl groups is 1. The van der Waals surface area contributed by atoms with Crippen LogP contribution >= 0.6 is 0 Å². The van der Waals surface area contributed by atoms with E-state index in [0.717, 1.165) is 5.56 Å². The molecule has 0 bridgehead atoms. The number of rotatable bonds is 4. The van der Waals surface area contributed by atoms with E-state index < -0.39 is 6.10 Å². The lowest BCUT2D eigenvalue weighted by atomic mass is 9.84. The molecule has 2 rings (SSSR count). The van der Waals surface area contributed by atoms with E-state index >= 15 is 0 Å². The van der Waals surface area contributed by atoms with Crippen LogP contribution in [-0.4, -0.2) is 21.4 Å². The second-order valence-electron chi connectivity index (χ2n) is 5.06. The van der Waals surface area contributed by atoms with Gasteiger partial charge in [0.05, 0.1) is 17.9 Å². The first kappa shape index (κ1) is 12.8. The lowest BCUT2D eigenvalue weighted by Gasteiger charge is -2.20. The first-order valence-electron chi connectivity index (χ1n) is 6.07. The third-order valence-electron chi connectivity index (χ3n) is 2.99. The van der Waals surface area contributed by atoms with Crippen molar-refractivity contribution in [3.63, 3.8) is 0 Å². The second-order valence-corrected chi connectivity index (χ2v) is 5.06. The second kappa shape index (κ2) is 4.90. The van der Waals surface area contributed by atoms with Gasteiger partial charge >= 0.3 is 0 Å². The maximum atomic E-state index is 9.31. The Balaban J connectivity index is 2.27. The van der Waals surface area contributed by atoms with Crippen molar-refractivity contribution in [3.05, 3.63) is 47.6 Å². The zero-order valence-corrected chi connectivity index (χ0v) is 10.9. The van der Waals surface area contributed by atoms with Crippen LogP contribution in [0.5, 0.6) is 0 Å². The lowest BCUT2D eigenvalue weighted by molar-refractivity contribution is 0.181. The van der Waals surface area contributed by atoms with Crippen molar-refractivity contribution in [1.82, 2.24) is 10.1 Å². The van der Waals surface area contributed by atoms with Gasteiger partial charge in [-0.2, -0.15) is 4.98 Å². The zero-order valence-electron chi connectivity index (χ0n) is 10.9. The summed E-state index contributed by atoms with van der Waals surface area (Å²) in [5, 5.41) is 13.3. The normalized spacial score (nSPS) is 13.6. The van der Waals surface area contributed by atoms with E-state index in [-0.39, 0.29) is 5.41 Å². The van der Waals surface area contributed by atoms with Gasteiger partial charge in [-0.25, -0.2) is 0 Å². The maximum absolute atomic E-state index is 9.31. The highest BCUT2D eigenvalue weighted by molar-refractivity contribution is 5.30. The summed E-state index contributed by atoms with van der Waals surface area (Å²) in [4.78, 5) is 4.36. The lowest BCUT2D eigenvalue weighted by Crippen LogP contribution is -2.20. The molecule has 0 saturated heterocycles. The molecule has 1 unspecified atom stereocenters. The van der Waals surface area contributed by atoms with E-state index in [0.29, 0.717) is 18.1 Å². The average Bonchev–Trinajstić information content (AvgIpc) is 2.78. The molecule has 18 heavy (non-hydrogen) atoms. The fourth-order valence-corrected chi connectivity index (χ4v) is 1.83. The molecule has 0 radical (unpaired) electrons. The molecule has 0 aliphatic carbocycles. The molecular formula is C14H18N2O2. The average molecular weight is 246 g/mol. The molecule has 0 aliphatic rings. The maximum Gasteiger partial charge on any atom is 0.229 e. The van der Waals surface area contributed by atoms with Crippen molar-refractivity contribution in [3.8, 4) is 0 Å². The molecule has 1 heterocycles. The van der Waals surface area contributed by atoms with Gasteiger partial charge in [0.25, 0.3) is 0 Å². The molecule has 1 aromatic heterocycles. The zero-order chi connectivity index (χ0) is 13.2. The number of nitrogens with zero attached hydrogens (tertiary/aromatic N) is 2. The van der Waals surface area contributed by atoms with Gasteiger partial charge < -0.3 is 9.63 Å². The number of benzene rings is 1. The van der Waals surface area contributed by atoms with Crippen LogP contribution in [0.4, 0.5) is 0 Å². The Kier molecular flexibility index (Phi) is 3.48. The summed E-state index contributed by atoms with van der Waals surface area (Å²) >= 11 is 0. The molecular weight excluding hydrogens is 228 g/mol. The Labute approximate surface area is 107 Å². The van der Waals surface area contributed by atoms with Gasteiger partial charge in [-0.3, -0.25) is 0 Å². The monoisotopic (exact) mass is 246 g/mol. The fraction of sp³-hybridized carbons (Fsp3) is 0.429. The molecule has 1 atom stereocenters. The molecule has 0 spiro atoms. The number of aromatic nitrogens is 2. The highest BCUT2D eigenvalue weighted by Crippen LogP contribution is 2.28. The van der Waals surface area contributed by atoms with Crippen molar-refractivity contribution < 1.29 is 9.63 Å². The summed E-state index contributed by atoms with van der Waals surface area (Å²) in [6.45, 7) is 5.81. The van der Waals surface area contributed by atoms with Crippen LogP contribution in [0.25, 0.3) is 0 Å². The van der Waals surface area contributed by atoms with Crippen molar-refractivity contribution >= 4 is 0 Å². The van der Waals surface area contributed by atoms with Crippen molar-refractivity contribution in [2.45, 2.75) is 38.7 Å². The van der Waals surface area contributed by atoms with Gasteiger partial charge in [-0.1, -0.05) is 35.5 Å². The number of hydrogen-bond donors (Lipinski definition) is 1. The number of aliphatic hydroxyl groups excluding tert-OH is 1. The summed E-state index contributed by atoms with van der Waals surface area (Å²) in [7, 11) is 0. The molecule has 4 heteroatoms. The van der Waals surface area contributed by atoms with Gasteiger partial charge in [0.1, 0.15) is 0 Å². The Bertz CT molecular complexity index is 504. The molecule has 1 aromatic carbocycles. The molecule has 1 N–H and O–H groups in total. The predicted molar refractivity (Wildman–Crippen MR) is 68.3 cm³/mol. The van der Waals surface area contributed by atoms with E-state index in [1.165, 1.54) is 0 Å². The molecule has 0 saturated carbocycles. The van der Waals surface area contributed by atoms with E-state index in [1.54, 1.807) is 6.92 Å². The molecule has 0 fully saturated rings. The summed E-state index contributed by atoms with van der Waals surface area (Å²) in [6, 6.07) is 10.1.